The van der Waals surface area contributed by atoms with Crippen molar-refractivity contribution in [1.29, 1.82) is 0 Å². The van der Waals surface area contributed by atoms with Crippen molar-refractivity contribution in [2.24, 2.45) is 15.8 Å². The highest BCUT2D eigenvalue weighted by Gasteiger charge is 2.18. The van der Waals surface area contributed by atoms with Crippen molar-refractivity contribution in [3.05, 3.63) is 0 Å². The van der Waals surface area contributed by atoms with Crippen molar-refractivity contribution < 1.29 is 8.42 Å². The maximum absolute atomic E-state index is 10.8. The zero-order valence-corrected chi connectivity index (χ0v) is 5.80. The van der Waals surface area contributed by atoms with Crippen LogP contribution < -0.4 is 10.7 Å². The molecule has 0 aromatic heterocycles. The maximum Gasteiger partial charge on any atom is 0.268 e. The lowest BCUT2D eigenvalue weighted by atomic mass is 10.8. The zero-order chi connectivity index (χ0) is 7.61. The van der Waals surface area contributed by atoms with Gasteiger partial charge in [0, 0.05) is 0 Å². The van der Waals surface area contributed by atoms with Crippen LogP contribution in [0.4, 0.5) is 0 Å². The molecule has 0 spiro atoms. The Morgan fingerprint density at radius 1 is 1.70 bits per heavy atom. The summed E-state index contributed by atoms with van der Waals surface area (Å²) < 4.78 is 21.5. The van der Waals surface area contributed by atoms with Gasteiger partial charge in [0.2, 0.25) is 0 Å². The summed E-state index contributed by atoms with van der Waals surface area (Å²) >= 11 is 0. The Kier molecular flexibility index (Phi) is 1.79. The van der Waals surface area contributed by atoms with E-state index >= 15 is 0 Å². The average molecular weight is 162 g/mol. The van der Waals surface area contributed by atoms with Crippen LogP contribution in [0.3, 0.4) is 0 Å². The van der Waals surface area contributed by atoms with Crippen LogP contribution in [0.1, 0.15) is 0 Å². The van der Waals surface area contributed by atoms with Crippen LogP contribution in [0.5, 0.6) is 0 Å². The van der Waals surface area contributed by atoms with Crippen molar-refractivity contribution in [2.45, 2.75) is 0 Å². The molecule has 0 radical (unpaired) electrons. The third kappa shape index (κ3) is 1.20. The first kappa shape index (κ1) is 7.32. The molecule has 0 unspecified atom stereocenters. The summed E-state index contributed by atoms with van der Waals surface area (Å²) in [6.45, 7) is 0.0759. The van der Waals surface area contributed by atoms with Gasteiger partial charge in [-0.2, -0.15) is 0 Å². The van der Waals surface area contributed by atoms with E-state index in [1.807, 2.05) is 0 Å². The van der Waals surface area contributed by atoms with Crippen molar-refractivity contribution in [2.75, 3.05) is 6.54 Å². The van der Waals surface area contributed by atoms with Crippen LogP contribution in [-0.4, -0.2) is 26.3 Å². The summed E-state index contributed by atoms with van der Waals surface area (Å²) in [7, 11) is -3.55. The maximum atomic E-state index is 10.8. The second kappa shape index (κ2) is 2.45. The minimum Gasteiger partial charge on any atom is -0.266 e. The van der Waals surface area contributed by atoms with Gasteiger partial charge in [-0.25, -0.2) is 13.4 Å². The molecule has 0 fully saturated rings. The number of aliphatic imine (C=N–C) groups is 2. The van der Waals surface area contributed by atoms with Gasteiger partial charge in [-0.05, 0) is 0 Å². The van der Waals surface area contributed by atoms with E-state index in [-0.39, 0.29) is 11.6 Å². The molecule has 0 aromatic rings. The number of nitrogens with one attached hydrogen (secondary N) is 1. The van der Waals surface area contributed by atoms with Gasteiger partial charge in [-0.15, -0.1) is 4.83 Å². The highest BCUT2D eigenvalue weighted by atomic mass is 32.2. The van der Waals surface area contributed by atoms with Crippen LogP contribution in [0.2, 0.25) is 0 Å². The zero-order valence-electron chi connectivity index (χ0n) is 4.98. The first-order chi connectivity index (χ1) is 4.67. The molecule has 10 heavy (non-hydrogen) atoms. The lowest BCUT2D eigenvalue weighted by Gasteiger charge is -1.97. The molecule has 3 N–H and O–H groups in total. The molecule has 6 nitrogen and oxygen atoms in total. The summed E-state index contributed by atoms with van der Waals surface area (Å²) in [5.41, 5.74) is 0. The van der Waals surface area contributed by atoms with Crippen molar-refractivity contribution in [3.63, 3.8) is 0 Å². The highest BCUT2D eigenvalue weighted by Crippen LogP contribution is 1.94. The Morgan fingerprint density at radius 2 is 2.40 bits per heavy atom. The second-order valence-corrected chi connectivity index (χ2v) is 3.31. The second-order valence-electron chi connectivity index (χ2n) is 1.60. The molecule has 0 aliphatic carbocycles. The van der Waals surface area contributed by atoms with Gasteiger partial charge in [-0.1, -0.05) is 0 Å². The Balaban J connectivity index is 2.87. The van der Waals surface area contributed by atoms with Crippen LogP contribution in [0, 0.1) is 0 Å². The van der Waals surface area contributed by atoms with Crippen LogP contribution in [-0.2, 0) is 10.0 Å². The Bertz CT molecular complexity index is 277. The molecule has 56 valence electrons. The molecule has 0 bridgehead atoms. The summed E-state index contributed by atoms with van der Waals surface area (Å²) in [5.74, 6) is 4.71. The predicted molar refractivity (Wildman–Crippen MR) is 37.0 cm³/mol. The molecule has 1 heterocycles. The molecule has 0 atom stereocenters. The van der Waals surface area contributed by atoms with E-state index in [1.165, 1.54) is 6.34 Å². The van der Waals surface area contributed by atoms with Gasteiger partial charge < -0.3 is 0 Å². The normalized spacial score (nSPS) is 17.5. The Morgan fingerprint density at radius 3 is 2.80 bits per heavy atom. The van der Waals surface area contributed by atoms with E-state index in [1.54, 1.807) is 4.83 Å². The molecule has 1 aliphatic heterocycles. The van der Waals surface area contributed by atoms with Gasteiger partial charge in [0.05, 0.1) is 6.54 Å². The van der Waals surface area contributed by atoms with Crippen LogP contribution >= 0.6 is 0 Å². The number of nitrogens with zero attached hydrogens (tertiary/aromatic N) is 2. The quantitative estimate of drug-likeness (QED) is 0.352. The fourth-order valence-electron chi connectivity index (χ4n) is 0.487. The topological polar surface area (TPSA) is 96.9 Å². The summed E-state index contributed by atoms with van der Waals surface area (Å²) in [5, 5.41) is -0.0463. The van der Waals surface area contributed by atoms with E-state index in [0.29, 0.717) is 0 Å². The van der Waals surface area contributed by atoms with E-state index in [4.69, 9.17) is 5.84 Å². The molecule has 1 rings (SSSR count). The molecular formula is C3H6N4O2S. The third-order valence-electron chi connectivity index (χ3n) is 0.975. The number of hydrogen-bond donors (Lipinski definition) is 2. The number of hydrazine groups is 1. The molecule has 0 amide bonds. The highest BCUT2D eigenvalue weighted by molar-refractivity contribution is 8.04. The number of sulfonamides is 1. The van der Waals surface area contributed by atoms with E-state index in [0.717, 1.165) is 0 Å². The molecular weight excluding hydrogens is 156 g/mol. The van der Waals surface area contributed by atoms with Crippen LogP contribution in [0.25, 0.3) is 0 Å². The largest absolute Gasteiger partial charge is 0.268 e. The van der Waals surface area contributed by atoms with Gasteiger partial charge in [0.25, 0.3) is 10.0 Å². The summed E-state index contributed by atoms with van der Waals surface area (Å²) in [6, 6.07) is 0. The molecule has 0 saturated heterocycles. The summed E-state index contributed by atoms with van der Waals surface area (Å²) in [6.07, 6.45) is 1.18. The van der Waals surface area contributed by atoms with Crippen LogP contribution in [0.15, 0.2) is 9.98 Å². The lowest BCUT2D eigenvalue weighted by molar-refractivity contribution is 0.596. The first-order valence-corrected chi connectivity index (χ1v) is 3.92. The SMILES string of the molecule is NNS(=O)(=O)C1=NC=NC1. The smallest absolute Gasteiger partial charge is 0.266 e. The van der Waals surface area contributed by atoms with E-state index in [2.05, 4.69) is 9.98 Å². The number of nitrogens with two attached hydrogens (primary N) is 1. The molecule has 0 saturated carbocycles. The third-order valence-corrected chi connectivity index (χ3v) is 2.14. The minimum absolute atomic E-state index is 0.0463. The van der Waals surface area contributed by atoms with Crippen molar-refractivity contribution in [3.8, 4) is 0 Å². The van der Waals surface area contributed by atoms with Crippen molar-refractivity contribution in [1.82, 2.24) is 4.83 Å². The number of hydrogen-bond acceptors (Lipinski definition) is 5. The average Bonchev–Trinajstić information content (AvgIpc) is 2.38. The van der Waals surface area contributed by atoms with Gasteiger partial charge in [-0.3, -0.25) is 10.8 Å². The summed E-state index contributed by atoms with van der Waals surface area (Å²) in [4.78, 5) is 8.69. The monoisotopic (exact) mass is 162 g/mol. The minimum atomic E-state index is -3.55. The predicted octanol–water partition coefficient (Wildman–Crippen LogP) is -1.78. The fraction of sp³-hybridized carbons (Fsp3) is 0.333. The first-order valence-electron chi connectivity index (χ1n) is 2.44. The standard InChI is InChI=1S/C3H6N4O2S/c4-7-10(8,9)3-1-5-2-6-3/h2,7H,1,4H2. The molecule has 0 aromatic carbocycles. The Labute approximate surface area is 57.9 Å². The number of rotatable bonds is 1. The Hall–Kier alpha value is -0.790. The van der Waals surface area contributed by atoms with E-state index < -0.39 is 10.0 Å². The molecule has 7 heteroatoms. The van der Waals surface area contributed by atoms with E-state index in [9.17, 15) is 8.42 Å². The fourth-order valence-corrected chi connectivity index (χ4v) is 1.05. The lowest BCUT2D eigenvalue weighted by Crippen LogP contribution is -2.36. The van der Waals surface area contributed by atoms with Crippen molar-refractivity contribution >= 4 is 21.4 Å². The van der Waals surface area contributed by atoms with Gasteiger partial charge >= 0.3 is 0 Å². The van der Waals surface area contributed by atoms with Gasteiger partial charge in [0.15, 0.2) is 5.04 Å². The van der Waals surface area contributed by atoms with Gasteiger partial charge in [0.1, 0.15) is 6.34 Å². The molecule has 1 aliphatic rings.